The van der Waals surface area contributed by atoms with E-state index in [0.29, 0.717) is 22.2 Å². The molecule has 0 amide bonds. The van der Waals surface area contributed by atoms with E-state index in [2.05, 4.69) is 31.8 Å². The summed E-state index contributed by atoms with van der Waals surface area (Å²) in [5, 5.41) is 32.7. The second kappa shape index (κ2) is 9.87. The number of nitro groups is 2. The first-order valence-corrected chi connectivity index (χ1v) is 12.2. The molecule has 0 N–H and O–H groups in total. The molecule has 1 aromatic heterocycles. The Morgan fingerprint density at radius 2 is 1.86 bits per heavy atom. The Hall–Kier alpha value is -4.10. The van der Waals surface area contributed by atoms with Crippen molar-refractivity contribution in [1.29, 1.82) is 5.26 Å². The molecule has 184 valence electrons. The summed E-state index contributed by atoms with van der Waals surface area (Å²) in [4.78, 5) is 26.6. The van der Waals surface area contributed by atoms with Crippen molar-refractivity contribution in [2.45, 2.75) is 40.0 Å². The number of hydrogen-bond acceptors (Lipinski definition) is 8. The van der Waals surface area contributed by atoms with E-state index in [-0.39, 0.29) is 16.9 Å². The molecule has 0 saturated heterocycles. The number of non-ortho nitro benzene ring substituents is 1. The number of ether oxygens (including phenoxy) is 1. The Balaban J connectivity index is 1.51. The Bertz CT molecular complexity index is 1400. The molecule has 4 rings (SSSR count). The molecule has 0 aliphatic heterocycles. The van der Waals surface area contributed by atoms with Crippen molar-refractivity contribution < 1.29 is 14.6 Å². The van der Waals surface area contributed by atoms with Gasteiger partial charge in [-0.25, -0.2) is 4.99 Å². The smallest absolute Gasteiger partial charge is 0.318 e. The van der Waals surface area contributed by atoms with Crippen LogP contribution in [-0.2, 0) is 12.8 Å². The van der Waals surface area contributed by atoms with Gasteiger partial charge in [0.1, 0.15) is 16.8 Å². The maximum atomic E-state index is 11.3. The fraction of sp³-hybridized carbons (Fsp3) is 0.308. The van der Waals surface area contributed by atoms with Crippen molar-refractivity contribution in [2.75, 3.05) is 0 Å². The molecule has 0 fully saturated rings. The van der Waals surface area contributed by atoms with Crippen LogP contribution in [0.5, 0.6) is 11.5 Å². The highest BCUT2D eigenvalue weighted by Crippen LogP contribution is 2.45. The average Bonchev–Trinajstić information content (AvgIpc) is 3.19. The fourth-order valence-electron chi connectivity index (χ4n) is 4.25. The lowest BCUT2D eigenvalue weighted by atomic mass is 9.72. The van der Waals surface area contributed by atoms with Crippen molar-refractivity contribution in [1.82, 2.24) is 0 Å². The van der Waals surface area contributed by atoms with Crippen molar-refractivity contribution in [2.24, 2.45) is 16.3 Å². The largest absolute Gasteiger partial charge is 0.450 e. The first-order valence-electron chi connectivity index (χ1n) is 11.4. The van der Waals surface area contributed by atoms with E-state index in [4.69, 9.17) is 4.74 Å². The molecule has 2 aromatic carbocycles. The maximum absolute atomic E-state index is 11.3. The lowest BCUT2D eigenvalue weighted by Gasteiger charge is -2.33. The van der Waals surface area contributed by atoms with E-state index >= 15 is 0 Å². The third-order valence-corrected chi connectivity index (χ3v) is 7.53. The predicted molar refractivity (Wildman–Crippen MR) is 138 cm³/mol. The second-order valence-electron chi connectivity index (χ2n) is 9.70. The summed E-state index contributed by atoms with van der Waals surface area (Å²) in [6, 6.07) is 12.3. The van der Waals surface area contributed by atoms with Crippen molar-refractivity contribution in [3.05, 3.63) is 84.3 Å². The zero-order valence-corrected chi connectivity index (χ0v) is 20.9. The topological polar surface area (TPSA) is 132 Å². The van der Waals surface area contributed by atoms with Crippen molar-refractivity contribution >= 4 is 33.9 Å². The highest BCUT2D eigenvalue weighted by atomic mass is 32.1. The molecule has 9 nitrogen and oxygen atoms in total. The maximum Gasteiger partial charge on any atom is 0.318 e. The summed E-state index contributed by atoms with van der Waals surface area (Å²) in [6.45, 7) is 6.77. The van der Waals surface area contributed by atoms with Gasteiger partial charge < -0.3 is 4.74 Å². The summed E-state index contributed by atoms with van der Waals surface area (Å²) in [5.74, 6) is 0.816. The molecule has 0 radical (unpaired) electrons. The minimum absolute atomic E-state index is 0.0941. The summed E-state index contributed by atoms with van der Waals surface area (Å²) < 4.78 is 5.60. The van der Waals surface area contributed by atoms with Crippen molar-refractivity contribution in [3.63, 3.8) is 0 Å². The Morgan fingerprint density at radius 1 is 1.14 bits per heavy atom. The van der Waals surface area contributed by atoms with E-state index in [0.717, 1.165) is 42.5 Å². The van der Waals surface area contributed by atoms with Gasteiger partial charge in [0.25, 0.3) is 5.69 Å². The van der Waals surface area contributed by atoms with Gasteiger partial charge in [-0.05, 0) is 72.1 Å². The molecule has 1 aliphatic rings. The number of thiophene rings is 1. The zero-order chi connectivity index (χ0) is 26.0. The van der Waals surface area contributed by atoms with Gasteiger partial charge in [-0.1, -0.05) is 20.8 Å². The van der Waals surface area contributed by atoms with E-state index in [1.165, 1.54) is 10.9 Å². The van der Waals surface area contributed by atoms with Gasteiger partial charge >= 0.3 is 5.69 Å². The third-order valence-electron chi connectivity index (χ3n) is 6.37. The Kier molecular flexibility index (Phi) is 6.86. The SMILES string of the molecule is CC(C)(C)[C@H]1CCc2c(sc(N=Cc3ccc(Oc4ccc([N+](=O)[O-])cc4[N+](=O)[O-])cc3)c2C#N)C1. The van der Waals surface area contributed by atoms with Crippen LogP contribution in [0.3, 0.4) is 0 Å². The molecule has 1 aliphatic carbocycles. The molecule has 10 heteroatoms. The number of nitriles is 1. The summed E-state index contributed by atoms with van der Waals surface area (Å²) in [5.41, 5.74) is 1.89. The molecule has 1 heterocycles. The number of benzene rings is 2. The van der Waals surface area contributed by atoms with E-state index in [1.54, 1.807) is 41.8 Å². The fourth-order valence-corrected chi connectivity index (χ4v) is 5.47. The summed E-state index contributed by atoms with van der Waals surface area (Å²) >= 11 is 1.58. The molecular formula is C26H24N4O5S. The molecule has 0 bridgehead atoms. The monoisotopic (exact) mass is 504 g/mol. The van der Waals surface area contributed by atoms with Crippen molar-refractivity contribution in [3.8, 4) is 17.6 Å². The minimum Gasteiger partial charge on any atom is -0.450 e. The Labute approximate surface area is 212 Å². The van der Waals surface area contributed by atoms with Gasteiger partial charge in [0.2, 0.25) is 5.75 Å². The van der Waals surface area contributed by atoms with Gasteiger partial charge in [-0.3, -0.25) is 20.2 Å². The number of nitrogens with zero attached hydrogens (tertiary/aromatic N) is 4. The lowest BCUT2D eigenvalue weighted by molar-refractivity contribution is -0.394. The van der Waals surface area contributed by atoms with Gasteiger partial charge in [-0.15, -0.1) is 11.3 Å². The van der Waals surface area contributed by atoms with Crippen LogP contribution in [0, 0.1) is 42.9 Å². The van der Waals surface area contributed by atoms with Gasteiger partial charge in [0.15, 0.2) is 0 Å². The number of rotatable bonds is 6. The van der Waals surface area contributed by atoms with Gasteiger partial charge in [0, 0.05) is 17.2 Å². The van der Waals surface area contributed by atoms with Crippen LogP contribution in [0.15, 0.2) is 47.5 Å². The van der Waals surface area contributed by atoms with Crippen LogP contribution < -0.4 is 4.74 Å². The van der Waals surface area contributed by atoms with E-state index in [9.17, 15) is 25.5 Å². The quantitative estimate of drug-likeness (QED) is 0.199. The van der Waals surface area contributed by atoms with Gasteiger partial charge in [0.05, 0.1) is 21.5 Å². The number of fused-ring (bicyclic) bond motifs is 1. The lowest BCUT2D eigenvalue weighted by Crippen LogP contribution is -2.26. The molecule has 0 unspecified atom stereocenters. The minimum atomic E-state index is -0.722. The molecular weight excluding hydrogens is 480 g/mol. The van der Waals surface area contributed by atoms with Crippen LogP contribution in [0.4, 0.5) is 16.4 Å². The van der Waals surface area contributed by atoms with Crippen LogP contribution in [-0.4, -0.2) is 16.1 Å². The average molecular weight is 505 g/mol. The Morgan fingerprint density at radius 3 is 2.47 bits per heavy atom. The van der Waals surface area contributed by atoms with Crippen LogP contribution in [0.2, 0.25) is 0 Å². The van der Waals surface area contributed by atoms with Gasteiger partial charge in [-0.2, -0.15) is 5.26 Å². The van der Waals surface area contributed by atoms with Crippen LogP contribution in [0.1, 0.15) is 48.8 Å². The first kappa shape index (κ1) is 25.0. The van der Waals surface area contributed by atoms with Crippen LogP contribution in [0.25, 0.3) is 0 Å². The standard InChI is InChI=1S/C26H24N4O5S/c1-26(2,3)17-6-10-20-21(14-27)25(36-24(20)12-17)28-15-16-4-8-19(9-5-16)35-23-11-7-18(29(31)32)13-22(23)30(33)34/h4-5,7-9,11,13,15,17H,6,10,12H2,1-3H3/t17-/m0/s1. The number of hydrogen-bond donors (Lipinski definition) is 0. The third kappa shape index (κ3) is 5.26. The first-order chi connectivity index (χ1) is 17.1. The molecule has 0 saturated carbocycles. The number of aliphatic imine (C=N–C) groups is 1. The highest BCUT2D eigenvalue weighted by Gasteiger charge is 2.32. The number of nitro benzene ring substituents is 2. The molecule has 36 heavy (non-hydrogen) atoms. The predicted octanol–water partition coefficient (Wildman–Crippen LogP) is 7.13. The zero-order valence-electron chi connectivity index (χ0n) is 20.1. The second-order valence-corrected chi connectivity index (χ2v) is 10.8. The summed E-state index contributed by atoms with van der Waals surface area (Å²) in [7, 11) is 0. The molecule has 0 spiro atoms. The normalized spacial score (nSPS) is 15.3. The summed E-state index contributed by atoms with van der Waals surface area (Å²) in [6.07, 6.45) is 4.61. The van der Waals surface area contributed by atoms with E-state index < -0.39 is 15.5 Å². The molecule has 1 atom stereocenters. The van der Waals surface area contributed by atoms with E-state index in [1.807, 2.05) is 0 Å². The highest BCUT2D eigenvalue weighted by molar-refractivity contribution is 7.16. The molecule has 3 aromatic rings. The van der Waals surface area contributed by atoms with Crippen LogP contribution >= 0.6 is 11.3 Å².